The van der Waals surface area contributed by atoms with Gasteiger partial charge in [0, 0.05) is 23.0 Å². The van der Waals surface area contributed by atoms with Crippen molar-refractivity contribution in [1.82, 2.24) is 4.48 Å². The summed E-state index contributed by atoms with van der Waals surface area (Å²) in [5, 5.41) is 0.734. The molecule has 0 radical (unpaired) electrons. The Bertz CT molecular complexity index is 454. The summed E-state index contributed by atoms with van der Waals surface area (Å²) < 4.78 is 0.777. The van der Waals surface area contributed by atoms with E-state index in [2.05, 4.69) is 76.8 Å². The maximum atomic E-state index is 11.7. The second kappa shape index (κ2) is 8.11. The quantitative estimate of drug-likeness (QED) is 0.351. The van der Waals surface area contributed by atoms with Crippen LogP contribution in [0.15, 0.2) is 36.9 Å². The predicted octanol–water partition coefficient (Wildman–Crippen LogP) is 4.62. The van der Waals surface area contributed by atoms with Crippen molar-refractivity contribution in [3.8, 4) is 0 Å². The third-order valence-electron chi connectivity index (χ3n) is 3.32. The number of benzene rings is 1. The number of nitrogens with zero attached hydrogens (tertiary/aromatic N) is 1. The number of rotatable bonds is 8. The summed E-state index contributed by atoms with van der Waals surface area (Å²) >= 11 is 6.90. The van der Waals surface area contributed by atoms with Crippen LogP contribution in [0.1, 0.15) is 23.2 Å². The molecule has 110 valence electrons. The first-order valence-electron chi connectivity index (χ1n) is 6.67. The molecule has 1 atom stereocenters. The van der Waals surface area contributed by atoms with Crippen molar-refractivity contribution in [2.75, 3.05) is 26.0 Å². The van der Waals surface area contributed by atoms with Gasteiger partial charge >= 0.3 is 0 Å². The number of quaternary nitrogens is 1. The van der Waals surface area contributed by atoms with Gasteiger partial charge in [0.15, 0.2) is 0 Å². The smallest absolute Gasteiger partial charge is 0.135 e. The molecule has 0 bridgehead atoms. The van der Waals surface area contributed by atoms with E-state index in [0.29, 0.717) is 12.8 Å². The molecule has 0 heterocycles. The van der Waals surface area contributed by atoms with Gasteiger partial charge in [-0.3, -0.25) is 9.28 Å². The van der Waals surface area contributed by atoms with Crippen LogP contribution in [0.4, 0.5) is 5.69 Å². The van der Waals surface area contributed by atoms with Gasteiger partial charge in [-0.05, 0) is 23.8 Å². The summed E-state index contributed by atoms with van der Waals surface area (Å²) in [6.07, 6.45) is 3.05. The lowest BCUT2D eigenvalue weighted by molar-refractivity contribution is -0.118. The Morgan fingerprint density at radius 3 is 2.45 bits per heavy atom. The van der Waals surface area contributed by atoms with Gasteiger partial charge in [-0.1, -0.05) is 50.6 Å². The van der Waals surface area contributed by atoms with Crippen LogP contribution in [-0.4, -0.2) is 31.8 Å². The number of ketones is 1. The fraction of sp³-hybridized carbons (Fsp3) is 0.438. The maximum Gasteiger partial charge on any atom is 0.135 e. The summed E-state index contributed by atoms with van der Waals surface area (Å²) in [4.78, 5) is 11.8. The van der Waals surface area contributed by atoms with E-state index in [1.165, 1.54) is 5.69 Å². The van der Waals surface area contributed by atoms with Gasteiger partial charge in [0.05, 0.1) is 14.1 Å². The molecule has 0 N–H and O–H groups in total. The Morgan fingerprint density at radius 2 is 1.95 bits per heavy atom. The van der Waals surface area contributed by atoms with Crippen LogP contribution in [-0.2, 0) is 4.79 Å². The van der Waals surface area contributed by atoms with Crippen LogP contribution in [0, 0.1) is 0 Å². The Kier molecular flexibility index (Phi) is 7.13. The second-order valence-corrected chi connectivity index (χ2v) is 7.30. The Hall–Kier alpha value is -0.450. The van der Waals surface area contributed by atoms with Gasteiger partial charge in [-0.2, -0.15) is 0 Å². The molecular formula is C16H22Br2NO+. The molecule has 0 aliphatic heterocycles. The van der Waals surface area contributed by atoms with E-state index in [0.717, 1.165) is 21.9 Å². The van der Waals surface area contributed by atoms with Gasteiger partial charge in [0.1, 0.15) is 18.0 Å². The van der Waals surface area contributed by atoms with E-state index < -0.39 is 0 Å². The lowest BCUT2D eigenvalue weighted by Gasteiger charge is -2.28. The minimum atomic E-state index is 0.0955. The standard InChI is InChI=1S/C16H22Br2NO/c1-4-11-19(2,3)14-7-5-13(6-8-14)16(18)12-15(20)9-10-17/h4-8,16H,1,9-12H2,2-3H3/q+1. The van der Waals surface area contributed by atoms with E-state index in [1.54, 1.807) is 0 Å². The molecule has 0 saturated carbocycles. The monoisotopic (exact) mass is 402 g/mol. The van der Waals surface area contributed by atoms with Crippen molar-refractivity contribution >= 4 is 43.3 Å². The molecule has 0 aliphatic rings. The first kappa shape index (κ1) is 17.6. The zero-order chi connectivity index (χ0) is 15.2. The molecule has 4 heteroatoms. The SMILES string of the molecule is C=CC[N+](C)(C)c1ccc(C(Br)CC(=O)CCBr)cc1. The molecule has 1 aromatic rings. The molecule has 0 aromatic heterocycles. The van der Waals surface area contributed by atoms with Crippen molar-refractivity contribution in [2.45, 2.75) is 17.7 Å². The van der Waals surface area contributed by atoms with E-state index in [9.17, 15) is 4.79 Å². The first-order chi connectivity index (χ1) is 9.40. The number of Topliss-reactive ketones (excluding diaryl/α,β-unsaturated/α-hetero) is 1. The lowest BCUT2D eigenvalue weighted by Crippen LogP contribution is -2.40. The van der Waals surface area contributed by atoms with Crippen LogP contribution < -0.4 is 4.48 Å². The Labute approximate surface area is 138 Å². The molecule has 1 rings (SSSR count). The number of carbonyl (C=O) groups excluding carboxylic acids is 1. The molecule has 2 nitrogen and oxygen atoms in total. The maximum absolute atomic E-state index is 11.7. The Morgan fingerprint density at radius 1 is 1.35 bits per heavy atom. The summed E-state index contributed by atoms with van der Waals surface area (Å²) in [6, 6.07) is 8.45. The largest absolute Gasteiger partial charge is 0.300 e. The van der Waals surface area contributed by atoms with Gasteiger partial charge in [0.2, 0.25) is 0 Å². The van der Waals surface area contributed by atoms with Crippen LogP contribution in [0.2, 0.25) is 0 Å². The van der Waals surface area contributed by atoms with E-state index in [1.807, 2.05) is 6.08 Å². The number of likely N-dealkylation sites (N-methyl/N-ethyl adjacent to an activating group) is 1. The molecule has 20 heavy (non-hydrogen) atoms. The third kappa shape index (κ3) is 5.15. The highest BCUT2D eigenvalue weighted by Crippen LogP contribution is 2.29. The van der Waals surface area contributed by atoms with Crippen molar-refractivity contribution in [1.29, 1.82) is 0 Å². The normalized spacial score (nSPS) is 13.0. The molecule has 1 aromatic carbocycles. The molecular weight excluding hydrogens is 382 g/mol. The number of hydrogen-bond donors (Lipinski definition) is 0. The van der Waals surface area contributed by atoms with Crippen molar-refractivity contribution in [3.63, 3.8) is 0 Å². The number of halogens is 2. The summed E-state index contributed by atoms with van der Waals surface area (Å²) in [6.45, 7) is 4.69. The Balaban J connectivity index is 2.75. The van der Waals surface area contributed by atoms with Crippen molar-refractivity contribution in [3.05, 3.63) is 42.5 Å². The number of carbonyl (C=O) groups is 1. The van der Waals surface area contributed by atoms with Gasteiger partial charge in [-0.15, -0.1) is 0 Å². The predicted molar refractivity (Wildman–Crippen MR) is 94.9 cm³/mol. The zero-order valence-electron chi connectivity index (χ0n) is 12.1. The van der Waals surface area contributed by atoms with E-state index in [4.69, 9.17) is 0 Å². The van der Waals surface area contributed by atoms with E-state index >= 15 is 0 Å². The topological polar surface area (TPSA) is 17.1 Å². The molecule has 0 fully saturated rings. The molecule has 0 saturated heterocycles. The molecule has 0 aliphatic carbocycles. The lowest BCUT2D eigenvalue weighted by atomic mass is 10.1. The van der Waals surface area contributed by atoms with Crippen LogP contribution in [0.25, 0.3) is 0 Å². The minimum absolute atomic E-state index is 0.0955. The highest BCUT2D eigenvalue weighted by molar-refractivity contribution is 9.09. The molecule has 0 spiro atoms. The average Bonchev–Trinajstić information content (AvgIpc) is 2.39. The van der Waals surface area contributed by atoms with Gasteiger partial charge < -0.3 is 0 Å². The third-order valence-corrected chi connectivity index (χ3v) is 4.57. The first-order valence-corrected chi connectivity index (χ1v) is 8.70. The number of alkyl halides is 2. The van der Waals surface area contributed by atoms with Crippen LogP contribution in [0.3, 0.4) is 0 Å². The van der Waals surface area contributed by atoms with Crippen molar-refractivity contribution in [2.24, 2.45) is 0 Å². The molecule has 0 amide bonds. The summed E-state index contributed by atoms with van der Waals surface area (Å²) in [5.41, 5.74) is 2.38. The van der Waals surface area contributed by atoms with Gasteiger partial charge in [0.25, 0.3) is 0 Å². The highest BCUT2D eigenvalue weighted by Gasteiger charge is 2.18. The fourth-order valence-electron chi connectivity index (χ4n) is 2.04. The van der Waals surface area contributed by atoms with E-state index in [-0.39, 0.29) is 10.6 Å². The molecule has 1 unspecified atom stereocenters. The van der Waals surface area contributed by atoms with Crippen LogP contribution in [0.5, 0.6) is 0 Å². The summed E-state index contributed by atoms with van der Waals surface area (Å²) in [5.74, 6) is 0.274. The zero-order valence-corrected chi connectivity index (χ0v) is 15.3. The highest BCUT2D eigenvalue weighted by atomic mass is 79.9. The minimum Gasteiger partial charge on any atom is -0.300 e. The van der Waals surface area contributed by atoms with Crippen molar-refractivity contribution < 1.29 is 4.79 Å². The average molecular weight is 404 g/mol. The van der Waals surface area contributed by atoms with Gasteiger partial charge in [-0.25, -0.2) is 0 Å². The summed E-state index contributed by atoms with van der Waals surface area (Å²) in [7, 11) is 4.31. The van der Waals surface area contributed by atoms with Crippen LogP contribution >= 0.6 is 31.9 Å². The second-order valence-electron chi connectivity index (χ2n) is 5.40. The fourth-order valence-corrected chi connectivity index (χ4v) is 3.15. The number of hydrogen-bond acceptors (Lipinski definition) is 1.